The summed E-state index contributed by atoms with van der Waals surface area (Å²) in [6, 6.07) is 14.3. The van der Waals surface area contributed by atoms with Gasteiger partial charge in [-0.3, -0.25) is 9.59 Å². The Hall–Kier alpha value is -2.73. The van der Waals surface area contributed by atoms with Crippen LogP contribution in [0.4, 0.5) is 10.1 Å². The minimum absolute atomic E-state index is 0.0806. The van der Waals surface area contributed by atoms with E-state index in [-0.39, 0.29) is 30.1 Å². The van der Waals surface area contributed by atoms with Gasteiger partial charge in [0.15, 0.2) is 0 Å². The van der Waals surface area contributed by atoms with Gasteiger partial charge in [0.25, 0.3) is 0 Å². The Bertz CT molecular complexity index is 871. The van der Waals surface area contributed by atoms with Crippen molar-refractivity contribution in [1.82, 2.24) is 4.90 Å². The first-order valence-corrected chi connectivity index (χ1v) is 9.20. The number of amides is 2. The zero-order chi connectivity index (χ0) is 19.0. The van der Waals surface area contributed by atoms with Crippen LogP contribution in [0.1, 0.15) is 29.4 Å². The number of fused-ring (bicyclic) bond motifs is 1. The molecule has 4 rings (SSSR count). The van der Waals surface area contributed by atoms with Crippen LogP contribution < -0.4 is 11.1 Å². The van der Waals surface area contributed by atoms with Gasteiger partial charge in [0.1, 0.15) is 5.82 Å². The fourth-order valence-corrected chi connectivity index (χ4v) is 4.25. The number of anilines is 1. The molecule has 3 atom stereocenters. The second kappa shape index (κ2) is 7.12. The van der Waals surface area contributed by atoms with Gasteiger partial charge in [-0.05, 0) is 35.7 Å². The molecule has 2 aromatic carbocycles. The van der Waals surface area contributed by atoms with Crippen LogP contribution >= 0.6 is 0 Å². The molecule has 1 unspecified atom stereocenters. The van der Waals surface area contributed by atoms with E-state index in [2.05, 4.69) is 17.4 Å². The predicted molar refractivity (Wildman–Crippen MR) is 101 cm³/mol. The van der Waals surface area contributed by atoms with Crippen molar-refractivity contribution in [2.75, 3.05) is 25.0 Å². The topological polar surface area (TPSA) is 75.4 Å². The summed E-state index contributed by atoms with van der Waals surface area (Å²) in [6.07, 6.45) is 0.0806. The molecule has 6 heteroatoms. The number of benzene rings is 2. The van der Waals surface area contributed by atoms with Crippen LogP contribution in [-0.4, -0.2) is 36.3 Å². The van der Waals surface area contributed by atoms with Crippen LogP contribution in [-0.2, 0) is 9.59 Å². The largest absolute Gasteiger partial charge is 0.341 e. The molecule has 1 saturated heterocycles. The molecule has 2 aliphatic rings. The van der Waals surface area contributed by atoms with Gasteiger partial charge < -0.3 is 16.0 Å². The predicted octanol–water partition coefficient (Wildman–Crippen LogP) is 2.45. The summed E-state index contributed by atoms with van der Waals surface area (Å²) >= 11 is 0. The van der Waals surface area contributed by atoms with E-state index in [0.29, 0.717) is 30.9 Å². The first-order valence-electron chi connectivity index (χ1n) is 9.20. The van der Waals surface area contributed by atoms with Crippen LogP contribution in [0.25, 0.3) is 0 Å². The smallest absolute Gasteiger partial charge is 0.230 e. The minimum Gasteiger partial charge on any atom is -0.341 e. The number of hydrogen-bond donors (Lipinski definition) is 2. The summed E-state index contributed by atoms with van der Waals surface area (Å²) < 4.78 is 13.5. The molecule has 2 amide bonds. The van der Waals surface area contributed by atoms with Crippen molar-refractivity contribution in [3.63, 3.8) is 0 Å². The van der Waals surface area contributed by atoms with E-state index in [4.69, 9.17) is 5.73 Å². The Labute approximate surface area is 157 Å². The monoisotopic (exact) mass is 367 g/mol. The second-order valence-electron chi connectivity index (χ2n) is 7.29. The second-order valence-corrected chi connectivity index (χ2v) is 7.29. The van der Waals surface area contributed by atoms with Crippen LogP contribution in [0.3, 0.4) is 0 Å². The van der Waals surface area contributed by atoms with Crippen LogP contribution in [0.2, 0.25) is 0 Å². The number of likely N-dealkylation sites (tertiary alicyclic amines) is 1. The maximum atomic E-state index is 13.5. The number of nitrogens with one attached hydrogen (secondary N) is 1. The van der Waals surface area contributed by atoms with E-state index in [1.807, 2.05) is 23.1 Å². The van der Waals surface area contributed by atoms with Gasteiger partial charge in [-0.25, -0.2) is 4.39 Å². The zero-order valence-electron chi connectivity index (χ0n) is 14.9. The number of hydrogen-bond acceptors (Lipinski definition) is 3. The zero-order valence-corrected chi connectivity index (χ0v) is 14.9. The van der Waals surface area contributed by atoms with Crippen LogP contribution in [0, 0.1) is 11.7 Å². The molecule has 0 saturated carbocycles. The van der Waals surface area contributed by atoms with Crippen LogP contribution in [0.5, 0.6) is 0 Å². The summed E-state index contributed by atoms with van der Waals surface area (Å²) in [6.45, 7) is 1.65. The Morgan fingerprint density at radius 1 is 1.19 bits per heavy atom. The lowest BCUT2D eigenvalue weighted by molar-refractivity contribution is -0.134. The summed E-state index contributed by atoms with van der Waals surface area (Å²) in [5.74, 6) is -1.00. The lowest BCUT2D eigenvalue weighted by atomic mass is 9.89. The third-order valence-corrected chi connectivity index (χ3v) is 5.64. The molecule has 2 aliphatic heterocycles. The van der Waals surface area contributed by atoms with Gasteiger partial charge >= 0.3 is 0 Å². The molecule has 1 fully saturated rings. The normalized spacial score (nSPS) is 24.4. The fourth-order valence-electron chi connectivity index (χ4n) is 4.25. The van der Waals surface area contributed by atoms with E-state index in [1.54, 1.807) is 6.07 Å². The van der Waals surface area contributed by atoms with E-state index < -0.39 is 11.7 Å². The molecule has 3 N–H and O–H groups in total. The molecular formula is C21H22FN3O2. The lowest BCUT2D eigenvalue weighted by Crippen LogP contribution is -2.38. The number of carbonyl (C=O) groups excluding carboxylic acids is 2. The van der Waals surface area contributed by atoms with Crippen molar-refractivity contribution >= 4 is 17.5 Å². The highest BCUT2D eigenvalue weighted by atomic mass is 19.1. The fraction of sp³-hybridized carbons (Fsp3) is 0.333. The van der Waals surface area contributed by atoms with Crippen molar-refractivity contribution < 1.29 is 14.0 Å². The quantitative estimate of drug-likeness (QED) is 0.875. The van der Waals surface area contributed by atoms with E-state index >= 15 is 0 Å². The summed E-state index contributed by atoms with van der Waals surface area (Å²) in [4.78, 5) is 27.1. The van der Waals surface area contributed by atoms with Crippen molar-refractivity contribution in [2.45, 2.75) is 18.3 Å². The minimum atomic E-state index is -0.581. The van der Waals surface area contributed by atoms with Crippen molar-refractivity contribution in [3.05, 3.63) is 65.5 Å². The summed E-state index contributed by atoms with van der Waals surface area (Å²) in [5.41, 5.74) is 8.21. The number of rotatable bonds is 3. The van der Waals surface area contributed by atoms with Gasteiger partial charge in [-0.15, -0.1) is 0 Å². The SMILES string of the molecule is NC[C@@H]1CN(C(=O)C2CC(=O)Nc3cc(F)ccc32)C[C@H]1c1ccccc1. The van der Waals surface area contributed by atoms with E-state index in [1.165, 1.54) is 17.7 Å². The molecule has 2 heterocycles. The number of halogens is 1. The van der Waals surface area contributed by atoms with Gasteiger partial charge in [0.2, 0.25) is 11.8 Å². The highest BCUT2D eigenvalue weighted by molar-refractivity contribution is 6.01. The standard InChI is InChI=1S/C21H22FN3O2/c22-15-6-7-16-17(9-20(26)24-19(16)8-15)21(27)25-11-14(10-23)18(12-25)13-4-2-1-3-5-13/h1-8,14,17-18H,9-12,23H2,(H,24,26)/t14-,17?,18+/m1/s1. The molecule has 0 radical (unpaired) electrons. The third-order valence-electron chi connectivity index (χ3n) is 5.64. The Morgan fingerprint density at radius 2 is 1.96 bits per heavy atom. The average Bonchev–Trinajstić information content (AvgIpc) is 3.11. The van der Waals surface area contributed by atoms with Crippen molar-refractivity contribution in [2.24, 2.45) is 11.7 Å². The maximum absolute atomic E-state index is 13.5. The lowest BCUT2D eigenvalue weighted by Gasteiger charge is -2.28. The van der Waals surface area contributed by atoms with Gasteiger partial charge in [-0.1, -0.05) is 36.4 Å². The number of carbonyl (C=O) groups is 2. The molecule has 5 nitrogen and oxygen atoms in total. The van der Waals surface area contributed by atoms with Crippen molar-refractivity contribution in [3.8, 4) is 0 Å². The number of nitrogens with two attached hydrogens (primary N) is 1. The highest BCUT2D eigenvalue weighted by Gasteiger charge is 2.40. The highest BCUT2D eigenvalue weighted by Crippen LogP contribution is 2.38. The molecule has 27 heavy (non-hydrogen) atoms. The molecule has 0 aliphatic carbocycles. The van der Waals surface area contributed by atoms with Crippen LogP contribution in [0.15, 0.2) is 48.5 Å². The Kier molecular flexibility index (Phi) is 4.66. The summed E-state index contributed by atoms with van der Waals surface area (Å²) in [5, 5.41) is 2.66. The van der Waals surface area contributed by atoms with Gasteiger partial charge in [-0.2, -0.15) is 0 Å². The molecule has 0 bridgehead atoms. The Morgan fingerprint density at radius 3 is 2.70 bits per heavy atom. The first-order chi connectivity index (χ1) is 13.1. The van der Waals surface area contributed by atoms with Crippen molar-refractivity contribution in [1.29, 1.82) is 0 Å². The van der Waals surface area contributed by atoms with E-state index in [0.717, 1.165) is 0 Å². The molecular weight excluding hydrogens is 345 g/mol. The molecule has 2 aromatic rings. The van der Waals surface area contributed by atoms with Gasteiger partial charge in [0, 0.05) is 31.1 Å². The molecule has 140 valence electrons. The van der Waals surface area contributed by atoms with E-state index in [9.17, 15) is 14.0 Å². The first kappa shape index (κ1) is 17.7. The summed E-state index contributed by atoms with van der Waals surface area (Å²) in [7, 11) is 0. The van der Waals surface area contributed by atoms with Gasteiger partial charge in [0.05, 0.1) is 5.92 Å². The number of nitrogens with zero attached hydrogens (tertiary/aromatic N) is 1. The maximum Gasteiger partial charge on any atom is 0.230 e. The average molecular weight is 367 g/mol. The Balaban J connectivity index is 1.59. The molecule has 0 aromatic heterocycles. The third kappa shape index (κ3) is 3.32. The molecule has 0 spiro atoms.